The number of carbonyl (C=O) groups is 2. The number of aliphatic hydroxyl groups is 1. The van der Waals surface area contributed by atoms with E-state index in [2.05, 4.69) is 5.32 Å². The highest BCUT2D eigenvalue weighted by Crippen LogP contribution is 2.04. The maximum Gasteiger partial charge on any atom is 0.242 e. The number of unbranched alkanes of at least 4 members (excludes halogenated alkanes) is 1. The third-order valence-corrected chi connectivity index (χ3v) is 2.45. The fourth-order valence-corrected chi connectivity index (χ4v) is 1.56. The van der Waals surface area contributed by atoms with Crippen LogP contribution in [-0.2, 0) is 9.59 Å². The van der Waals surface area contributed by atoms with Crippen molar-refractivity contribution in [3.8, 4) is 0 Å². The van der Waals surface area contributed by atoms with Crippen LogP contribution in [0.1, 0.15) is 26.2 Å². The van der Waals surface area contributed by atoms with Crippen LogP contribution < -0.4 is 5.32 Å². The molecule has 1 rings (SSSR count). The van der Waals surface area contributed by atoms with Gasteiger partial charge in [-0.25, -0.2) is 0 Å². The van der Waals surface area contributed by atoms with Crippen LogP contribution in [0.2, 0.25) is 0 Å². The number of hydrogen-bond donors (Lipinski definition) is 2. The average molecular weight is 214 g/mol. The lowest BCUT2D eigenvalue weighted by Gasteiger charge is -2.28. The first kappa shape index (κ1) is 12.0. The van der Waals surface area contributed by atoms with Crippen molar-refractivity contribution in [3.63, 3.8) is 0 Å². The first-order valence-corrected chi connectivity index (χ1v) is 5.36. The third kappa shape index (κ3) is 3.87. The summed E-state index contributed by atoms with van der Waals surface area (Å²) in [4.78, 5) is 23.8. The molecule has 15 heavy (non-hydrogen) atoms. The molecule has 0 bridgehead atoms. The van der Waals surface area contributed by atoms with E-state index < -0.39 is 6.10 Å². The van der Waals surface area contributed by atoms with Crippen molar-refractivity contribution in [1.29, 1.82) is 0 Å². The molecule has 1 unspecified atom stereocenters. The fourth-order valence-electron chi connectivity index (χ4n) is 1.56. The van der Waals surface area contributed by atoms with Crippen LogP contribution in [-0.4, -0.2) is 47.6 Å². The maximum atomic E-state index is 11.3. The number of aliphatic hydroxyl groups excluding tert-OH is 1. The summed E-state index contributed by atoms with van der Waals surface area (Å²) in [5, 5.41) is 12.1. The Bertz CT molecular complexity index is 243. The lowest BCUT2D eigenvalue weighted by atomic mass is 10.1. The number of nitrogens with zero attached hydrogens (tertiary/aromatic N) is 1. The quantitative estimate of drug-likeness (QED) is 0.648. The van der Waals surface area contributed by atoms with Crippen molar-refractivity contribution >= 4 is 11.8 Å². The molecule has 5 nitrogen and oxygen atoms in total. The molecule has 5 heteroatoms. The summed E-state index contributed by atoms with van der Waals surface area (Å²) in [6.45, 7) is 2.44. The highest BCUT2D eigenvalue weighted by molar-refractivity contribution is 5.92. The summed E-state index contributed by atoms with van der Waals surface area (Å²) in [5.41, 5.74) is 0. The monoisotopic (exact) mass is 214 g/mol. The van der Waals surface area contributed by atoms with Gasteiger partial charge in [-0.2, -0.15) is 0 Å². The number of nitrogens with one attached hydrogen (secondary N) is 1. The van der Waals surface area contributed by atoms with Crippen LogP contribution in [0.25, 0.3) is 0 Å². The van der Waals surface area contributed by atoms with E-state index in [9.17, 15) is 14.7 Å². The zero-order valence-electron chi connectivity index (χ0n) is 9.03. The summed E-state index contributed by atoms with van der Waals surface area (Å²) in [7, 11) is 0. The van der Waals surface area contributed by atoms with Crippen molar-refractivity contribution in [2.45, 2.75) is 32.3 Å². The minimum absolute atomic E-state index is 0.0549. The predicted octanol–water partition coefficient (Wildman–Crippen LogP) is -0.504. The Balaban J connectivity index is 2.35. The first-order chi connectivity index (χ1) is 7.13. The van der Waals surface area contributed by atoms with Gasteiger partial charge in [-0.3, -0.25) is 9.59 Å². The minimum Gasteiger partial charge on any atom is -0.391 e. The molecule has 0 aromatic carbocycles. The van der Waals surface area contributed by atoms with E-state index in [1.54, 1.807) is 0 Å². The molecule has 1 aliphatic heterocycles. The summed E-state index contributed by atoms with van der Waals surface area (Å²) < 4.78 is 0. The lowest BCUT2D eigenvalue weighted by molar-refractivity contribution is -0.141. The summed E-state index contributed by atoms with van der Waals surface area (Å²) in [5.74, 6) is -0.276. The second-order valence-electron chi connectivity index (χ2n) is 3.85. The Morgan fingerprint density at radius 2 is 2.27 bits per heavy atom. The number of rotatable bonds is 5. The van der Waals surface area contributed by atoms with Gasteiger partial charge in [-0.1, -0.05) is 19.8 Å². The van der Waals surface area contributed by atoms with Crippen LogP contribution in [0.3, 0.4) is 0 Å². The third-order valence-electron chi connectivity index (χ3n) is 2.45. The van der Waals surface area contributed by atoms with Gasteiger partial charge in [0.15, 0.2) is 0 Å². The predicted molar refractivity (Wildman–Crippen MR) is 55.1 cm³/mol. The molecule has 86 valence electrons. The van der Waals surface area contributed by atoms with E-state index in [1.807, 2.05) is 6.92 Å². The average Bonchev–Trinajstić information content (AvgIpc) is 2.20. The van der Waals surface area contributed by atoms with Crippen molar-refractivity contribution in [3.05, 3.63) is 0 Å². The number of piperazine rings is 1. The molecule has 0 spiro atoms. The standard InChI is InChI=1S/C10H18N2O3/c1-2-3-4-8(13)6-12-7-9(14)11-5-10(12)15/h8,13H,2-7H2,1H3,(H,11,14). The number of β-amino-alcohol motifs (C(OH)–C–C–N with tert-alkyl or cyclic N) is 1. The topological polar surface area (TPSA) is 69.6 Å². The molecule has 0 aromatic heterocycles. The van der Waals surface area contributed by atoms with Gasteiger partial charge in [0.05, 0.1) is 19.2 Å². The van der Waals surface area contributed by atoms with Crippen LogP contribution in [0.15, 0.2) is 0 Å². The highest BCUT2D eigenvalue weighted by atomic mass is 16.3. The zero-order chi connectivity index (χ0) is 11.3. The van der Waals surface area contributed by atoms with Crippen molar-refractivity contribution in [2.75, 3.05) is 19.6 Å². The summed E-state index contributed by atoms with van der Waals surface area (Å²) in [6.07, 6.45) is 2.13. The van der Waals surface area contributed by atoms with E-state index in [0.29, 0.717) is 6.42 Å². The maximum absolute atomic E-state index is 11.3. The van der Waals surface area contributed by atoms with Gasteiger partial charge in [0.1, 0.15) is 0 Å². The first-order valence-electron chi connectivity index (χ1n) is 5.36. The van der Waals surface area contributed by atoms with Gasteiger partial charge in [0.2, 0.25) is 11.8 Å². The molecule has 1 fully saturated rings. The molecule has 0 saturated carbocycles. The molecule has 1 heterocycles. The van der Waals surface area contributed by atoms with Gasteiger partial charge in [-0.05, 0) is 6.42 Å². The normalized spacial score (nSPS) is 18.9. The van der Waals surface area contributed by atoms with E-state index in [1.165, 1.54) is 4.90 Å². The Hall–Kier alpha value is -1.10. The second-order valence-corrected chi connectivity index (χ2v) is 3.85. The lowest BCUT2D eigenvalue weighted by Crippen LogP contribution is -2.53. The number of hydrogen-bond acceptors (Lipinski definition) is 3. The number of amides is 2. The van der Waals surface area contributed by atoms with Gasteiger partial charge in [0, 0.05) is 6.54 Å². The molecule has 2 amide bonds. The molecule has 2 N–H and O–H groups in total. The highest BCUT2D eigenvalue weighted by Gasteiger charge is 2.24. The van der Waals surface area contributed by atoms with Crippen molar-refractivity contribution < 1.29 is 14.7 Å². The largest absolute Gasteiger partial charge is 0.391 e. The van der Waals surface area contributed by atoms with Crippen molar-refractivity contribution in [1.82, 2.24) is 10.2 Å². The summed E-state index contributed by atoms with van der Waals surface area (Å²) >= 11 is 0. The smallest absolute Gasteiger partial charge is 0.242 e. The van der Waals surface area contributed by atoms with Crippen LogP contribution in [0.4, 0.5) is 0 Å². The Morgan fingerprint density at radius 1 is 1.53 bits per heavy atom. The van der Waals surface area contributed by atoms with E-state index in [4.69, 9.17) is 0 Å². The van der Waals surface area contributed by atoms with Crippen LogP contribution in [0.5, 0.6) is 0 Å². The molecular weight excluding hydrogens is 196 g/mol. The molecule has 1 aliphatic rings. The SMILES string of the molecule is CCCCC(O)CN1CC(=O)NCC1=O. The van der Waals surface area contributed by atoms with Gasteiger partial charge < -0.3 is 15.3 Å². The zero-order valence-corrected chi connectivity index (χ0v) is 9.03. The van der Waals surface area contributed by atoms with E-state index >= 15 is 0 Å². The number of carbonyl (C=O) groups excluding carboxylic acids is 2. The molecule has 0 radical (unpaired) electrons. The molecule has 0 aromatic rings. The van der Waals surface area contributed by atoms with E-state index in [-0.39, 0.29) is 31.4 Å². The fraction of sp³-hybridized carbons (Fsp3) is 0.800. The second kappa shape index (κ2) is 5.70. The molecule has 1 atom stereocenters. The molecular formula is C10H18N2O3. The van der Waals surface area contributed by atoms with E-state index in [0.717, 1.165) is 12.8 Å². The van der Waals surface area contributed by atoms with Gasteiger partial charge >= 0.3 is 0 Å². The van der Waals surface area contributed by atoms with Gasteiger partial charge in [0.25, 0.3) is 0 Å². The van der Waals surface area contributed by atoms with Crippen LogP contribution >= 0.6 is 0 Å². The Labute approximate surface area is 89.4 Å². The molecule has 1 saturated heterocycles. The Morgan fingerprint density at radius 3 is 2.93 bits per heavy atom. The Kier molecular flexibility index (Phi) is 4.55. The molecule has 0 aliphatic carbocycles. The minimum atomic E-state index is -0.514. The summed E-state index contributed by atoms with van der Waals surface area (Å²) in [6, 6.07) is 0. The van der Waals surface area contributed by atoms with Gasteiger partial charge in [-0.15, -0.1) is 0 Å². The van der Waals surface area contributed by atoms with Crippen molar-refractivity contribution in [2.24, 2.45) is 0 Å². The van der Waals surface area contributed by atoms with Crippen LogP contribution in [0, 0.1) is 0 Å².